The van der Waals surface area contributed by atoms with Crippen LogP contribution in [0.15, 0.2) is 28.8 Å². The number of carbonyl (C=O) groups excluding carboxylic acids is 3. The van der Waals surface area contributed by atoms with Gasteiger partial charge in [0.25, 0.3) is 0 Å². The molecule has 1 aromatic heterocycles. The highest BCUT2D eigenvalue weighted by Gasteiger charge is 2.27. The molecule has 8 heteroatoms. The molecule has 1 aromatic carbocycles. The minimum Gasteiger partial charge on any atom is -0.339 e. The SMILES string of the molecule is CCCc1noc(CCC(=O)Nc2ccc(N3C(=O)CCCC3=O)cc2)n1. The van der Waals surface area contributed by atoms with Crippen LogP contribution >= 0.6 is 0 Å². The van der Waals surface area contributed by atoms with E-state index < -0.39 is 0 Å². The van der Waals surface area contributed by atoms with Gasteiger partial charge >= 0.3 is 0 Å². The number of piperidine rings is 1. The van der Waals surface area contributed by atoms with Crippen molar-refractivity contribution in [3.63, 3.8) is 0 Å². The second-order valence-corrected chi connectivity index (χ2v) is 6.43. The molecule has 0 unspecified atom stereocenters. The normalized spacial score (nSPS) is 14.5. The zero-order chi connectivity index (χ0) is 19.2. The minimum absolute atomic E-state index is 0.178. The summed E-state index contributed by atoms with van der Waals surface area (Å²) < 4.78 is 5.11. The predicted molar refractivity (Wildman–Crippen MR) is 98.0 cm³/mol. The molecule has 3 amide bonds. The lowest BCUT2D eigenvalue weighted by atomic mass is 10.1. The van der Waals surface area contributed by atoms with Crippen LogP contribution in [-0.4, -0.2) is 27.9 Å². The third-order valence-electron chi connectivity index (χ3n) is 4.24. The lowest BCUT2D eigenvalue weighted by molar-refractivity contribution is -0.129. The first-order valence-electron chi connectivity index (χ1n) is 9.14. The number of hydrogen-bond donors (Lipinski definition) is 1. The van der Waals surface area contributed by atoms with E-state index in [-0.39, 0.29) is 24.1 Å². The molecule has 2 aromatic rings. The highest BCUT2D eigenvalue weighted by Crippen LogP contribution is 2.23. The Morgan fingerprint density at radius 1 is 1.15 bits per heavy atom. The molecule has 1 N–H and O–H groups in total. The summed E-state index contributed by atoms with van der Waals surface area (Å²) in [5, 5.41) is 6.64. The topological polar surface area (TPSA) is 105 Å². The number of amides is 3. The van der Waals surface area contributed by atoms with Crippen molar-refractivity contribution in [2.75, 3.05) is 10.2 Å². The van der Waals surface area contributed by atoms with E-state index in [0.29, 0.717) is 48.8 Å². The molecular formula is C19H22N4O4. The Morgan fingerprint density at radius 3 is 2.52 bits per heavy atom. The van der Waals surface area contributed by atoms with E-state index in [1.807, 2.05) is 6.92 Å². The van der Waals surface area contributed by atoms with Crippen LogP contribution < -0.4 is 10.2 Å². The maximum absolute atomic E-state index is 12.1. The molecule has 0 bridgehead atoms. The van der Waals surface area contributed by atoms with Crippen molar-refractivity contribution < 1.29 is 18.9 Å². The van der Waals surface area contributed by atoms with Gasteiger partial charge in [-0.25, -0.2) is 0 Å². The van der Waals surface area contributed by atoms with Gasteiger partial charge in [-0.15, -0.1) is 0 Å². The van der Waals surface area contributed by atoms with Crippen LogP contribution in [0.25, 0.3) is 0 Å². The van der Waals surface area contributed by atoms with Crippen molar-refractivity contribution in [3.8, 4) is 0 Å². The van der Waals surface area contributed by atoms with Gasteiger partial charge in [-0.2, -0.15) is 4.98 Å². The molecule has 1 saturated heterocycles. The van der Waals surface area contributed by atoms with Crippen molar-refractivity contribution >= 4 is 29.1 Å². The fourth-order valence-electron chi connectivity index (χ4n) is 2.90. The summed E-state index contributed by atoms with van der Waals surface area (Å²) in [6, 6.07) is 6.67. The Labute approximate surface area is 156 Å². The van der Waals surface area contributed by atoms with Gasteiger partial charge in [0.15, 0.2) is 5.82 Å². The number of nitrogens with zero attached hydrogens (tertiary/aromatic N) is 3. The molecule has 3 rings (SSSR count). The summed E-state index contributed by atoms with van der Waals surface area (Å²) >= 11 is 0. The van der Waals surface area contributed by atoms with Crippen molar-refractivity contribution in [1.29, 1.82) is 0 Å². The van der Waals surface area contributed by atoms with E-state index in [9.17, 15) is 14.4 Å². The molecule has 2 heterocycles. The van der Waals surface area contributed by atoms with Gasteiger partial charge in [-0.3, -0.25) is 19.3 Å². The third-order valence-corrected chi connectivity index (χ3v) is 4.24. The van der Waals surface area contributed by atoms with Gasteiger partial charge in [0.2, 0.25) is 23.6 Å². The summed E-state index contributed by atoms with van der Waals surface area (Å²) in [5.74, 6) is 0.551. The number of anilines is 2. The molecule has 8 nitrogen and oxygen atoms in total. The Bertz CT molecular complexity index is 812. The van der Waals surface area contributed by atoms with Crippen molar-refractivity contribution in [1.82, 2.24) is 10.1 Å². The van der Waals surface area contributed by atoms with Gasteiger partial charge in [0, 0.05) is 37.8 Å². The van der Waals surface area contributed by atoms with Crippen LogP contribution in [0.2, 0.25) is 0 Å². The van der Waals surface area contributed by atoms with Gasteiger partial charge in [0.1, 0.15) is 0 Å². The zero-order valence-corrected chi connectivity index (χ0v) is 15.2. The number of carbonyl (C=O) groups is 3. The number of rotatable bonds is 7. The molecule has 0 aliphatic carbocycles. The minimum atomic E-state index is -0.190. The van der Waals surface area contributed by atoms with E-state index >= 15 is 0 Å². The Balaban J connectivity index is 1.53. The number of aryl methyl sites for hydroxylation is 2. The number of hydrogen-bond acceptors (Lipinski definition) is 6. The lowest BCUT2D eigenvalue weighted by Gasteiger charge is -2.24. The lowest BCUT2D eigenvalue weighted by Crippen LogP contribution is -2.40. The van der Waals surface area contributed by atoms with Crippen molar-refractivity contribution in [3.05, 3.63) is 36.0 Å². The first kappa shape index (κ1) is 18.8. The van der Waals surface area contributed by atoms with E-state index in [1.54, 1.807) is 24.3 Å². The molecule has 1 aliphatic heterocycles. The van der Waals surface area contributed by atoms with Crippen LogP contribution in [-0.2, 0) is 27.2 Å². The van der Waals surface area contributed by atoms with Gasteiger partial charge < -0.3 is 9.84 Å². The number of nitrogens with one attached hydrogen (secondary N) is 1. The van der Waals surface area contributed by atoms with E-state index in [0.717, 1.165) is 12.8 Å². The van der Waals surface area contributed by atoms with Gasteiger partial charge in [0.05, 0.1) is 5.69 Å². The quantitative estimate of drug-likeness (QED) is 0.751. The zero-order valence-electron chi connectivity index (χ0n) is 15.2. The standard InChI is InChI=1S/C19H22N4O4/c1-2-4-15-21-17(27-22-15)12-11-16(24)20-13-7-9-14(10-8-13)23-18(25)5-3-6-19(23)26/h7-10H,2-6,11-12H2,1H3,(H,20,24). The van der Waals surface area contributed by atoms with E-state index in [2.05, 4.69) is 15.5 Å². The van der Waals surface area contributed by atoms with Gasteiger partial charge in [-0.1, -0.05) is 12.1 Å². The summed E-state index contributed by atoms with van der Waals surface area (Å²) in [6.07, 6.45) is 3.63. The first-order chi connectivity index (χ1) is 13.1. The average molecular weight is 370 g/mol. The number of aromatic nitrogens is 2. The first-order valence-corrected chi connectivity index (χ1v) is 9.14. The average Bonchev–Trinajstić information content (AvgIpc) is 3.09. The summed E-state index contributed by atoms with van der Waals surface area (Å²) in [6.45, 7) is 2.03. The third kappa shape index (κ3) is 4.78. The molecular weight excluding hydrogens is 348 g/mol. The smallest absolute Gasteiger partial charge is 0.233 e. The van der Waals surface area contributed by atoms with Gasteiger partial charge in [-0.05, 0) is 37.1 Å². The predicted octanol–water partition coefficient (Wildman–Crippen LogP) is 2.64. The molecule has 1 aliphatic rings. The van der Waals surface area contributed by atoms with Crippen molar-refractivity contribution in [2.45, 2.75) is 51.9 Å². The molecule has 142 valence electrons. The number of imide groups is 1. The van der Waals surface area contributed by atoms with Crippen LogP contribution in [0.3, 0.4) is 0 Å². The molecule has 0 saturated carbocycles. The highest BCUT2D eigenvalue weighted by atomic mass is 16.5. The molecule has 0 spiro atoms. The maximum atomic E-state index is 12.1. The summed E-state index contributed by atoms with van der Waals surface area (Å²) in [4.78, 5) is 41.4. The Kier molecular flexibility index (Phi) is 5.95. The largest absolute Gasteiger partial charge is 0.339 e. The second kappa shape index (κ2) is 8.57. The summed E-state index contributed by atoms with van der Waals surface area (Å²) in [5.41, 5.74) is 1.12. The Hall–Kier alpha value is -3.03. The monoisotopic (exact) mass is 370 g/mol. The second-order valence-electron chi connectivity index (χ2n) is 6.43. The molecule has 0 radical (unpaired) electrons. The maximum Gasteiger partial charge on any atom is 0.233 e. The fraction of sp³-hybridized carbons (Fsp3) is 0.421. The fourth-order valence-corrected chi connectivity index (χ4v) is 2.90. The van der Waals surface area contributed by atoms with Crippen LogP contribution in [0.4, 0.5) is 11.4 Å². The molecule has 0 atom stereocenters. The highest BCUT2D eigenvalue weighted by molar-refractivity contribution is 6.16. The van der Waals surface area contributed by atoms with Crippen LogP contribution in [0.1, 0.15) is 50.7 Å². The van der Waals surface area contributed by atoms with Crippen molar-refractivity contribution in [2.24, 2.45) is 0 Å². The molecule has 1 fully saturated rings. The van der Waals surface area contributed by atoms with E-state index in [1.165, 1.54) is 4.90 Å². The number of benzene rings is 1. The van der Waals surface area contributed by atoms with Crippen LogP contribution in [0, 0.1) is 0 Å². The Morgan fingerprint density at radius 2 is 1.85 bits per heavy atom. The van der Waals surface area contributed by atoms with Crippen LogP contribution in [0.5, 0.6) is 0 Å². The summed E-state index contributed by atoms with van der Waals surface area (Å²) in [7, 11) is 0. The molecule has 27 heavy (non-hydrogen) atoms. The van der Waals surface area contributed by atoms with E-state index in [4.69, 9.17) is 4.52 Å².